The zero-order valence-electron chi connectivity index (χ0n) is 11.1. The number of benzene rings is 1. The van der Waals surface area contributed by atoms with Crippen molar-refractivity contribution in [2.75, 3.05) is 27.2 Å². The van der Waals surface area contributed by atoms with Gasteiger partial charge in [0.15, 0.2) is 0 Å². The van der Waals surface area contributed by atoms with Gasteiger partial charge in [-0.1, -0.05) is 12.1 Å². The molecule has 0 bridgehead atoms. The molecule has 1 atom stereocenters. The van der Waals surface area contributed by atoms with Crippen LogP contribution in [-0.2, 0) is 6.54 Å². The molecule has 0 aliphatic rings. The van der Waals surface area contributed by atoms with E-state index in [1.165, 1.54) is 0 Å². The number of hydrogen-bond donors (Lipinski definition) is 1. The van der Waals surface area contributed by atoms with Gasteiger partial charge in [0.25, 0.3) is 0 Å². The van der Waals surface area contributed by atoms with Crippen LogP contribution in [0.5, 0.6) is 5.75 Å². The maximum atomic E-state index is 12.6. The van der Waals surface area contributed by atoms with Gasteiger partial charge >= 0.3 is 6.18 Å². The van der Waals surface area contributed by atoms with E-state index in [4.69, 9.17) is 10.5 Å². The molecule has 2 N–H and O–H groups in total. The summed E-state index contributed by atoms with van der Waals surface area (Å²) in [6, 6.07) is 7.24. The third-order valence-corrected chi connectivity index (χ3v) is 2.89. The third-order valence-electron chi connectivity index (χ3n) is 2.89. The maximum absolute atomic E-state index is 12.6. The zero-order chi connectivity index (χ0) is 14.5. The topological polar surface area (TPSA) is 38.5 Å². The number of hydrogen-bond acceptors (Lipinski definition) is 3. The molecule has 1 unspecified atom stereocenters. The molecule has 1 aromatic carbocycles. The molecule has 1 rings (SSSR count). The van der Waals surface area contributed by atoms with E-state index in [-0.39, 0.29) is 6.54 Å². The van der Waals surface area contributed by atoms with E-state index >= 15 is 0 Å². The number of rotatable bonds is 6. The van der Waals surface area contributed by atoms with E-state index in [1.54, 1.807) is 31.2 Å². The number of methoxy groups -OCH3 is 1. The lowest BCUT2D eigenvalue weighted by Crippen LogP contribution is -2.39. The van der Waals surface area contributed by atoms with Crippen LogP contribution in [0, 0.1) is 5.92 Å². The number of halogens is 3. The number of nitrogens with two attached hydrogens (primary N) is 1. The molecule has 19 heavy (non-hydrogen) atoms. The van der Waals surface area contributed by atoms with Crippen molar-refractivity contribution in [1.82, 2.24) is 4.90 Å². The average molecular weight is 276 g/mol. The number of nitrogens with zero attached hydrogens (tertiary/aromatic N) is 1. The van der Waals surface area contributed by atoms with Crippen molar-refractivity contribution >= 4 is 0 Å². The second-order valence-corrected chi connectivity index (χ2v) is 4.52. The van der Waals surface area contributed by atoms with Gasteiger partial charge in [0, 0.05) is 19.6 Å². The Morgan fingerprint density at radius 1 is 1.26 bits per heavy atom. The largest absolute Gasteiger partial charge is 0.497 e. The first-order valence-corrected chi connectivity index (χ1v) is 5.95. The minimum atomic E-state index is -4.25. The summed E-state index contributed by atoms with van der Waals surface area (Å²) < 4.78 is 42.8. The van der Waals surface area contributed by atoms with E-state index in [2.05, 4.69) is 0 Å². The highest BCUT2D eigenvalue weighted by atomic mass is 19.4. The molecule has 1 aromatic rings. The molecule has 0 aromatic heterocycles. The number of alkyl halides is 3. The molecular formula is C13H19F3N2O. The van der Waals surface area contributed by atoms with Gasteiger partial charge in [-0.25, -0.2) is 0 Å². The normalized spacial score (nSPS) is 13.6. The fraction of sp³-hybridized carbons (Fsp3) is 0.538. The van der Waals surface area contributed by atoms with Crippen LogP contribution in [0.4, 0.5) is 13.2 Å². The van der Waals surface area contributed by atoms with Crippen LogP contribution in [0.25, 0.3) is 0 Å². The molecule has 0 aliphatic carbocycles. The lowest BCUT2D eigenvalue weighted by atomic mass is 10.1. The smallest absolute Gasteiger partial charge is 0.394 e. The van der Waals surface area contributed by atoms with Crippen molar-refractivity contribution in [3.05, 3.63) is 29.8 Å². The molecule has 0 amide bonds. The molecule has 108 valence electrons. The molecule has 0 radical (unpaired) electrons. The van der Waals surface area contributed by atoms with Crippen LogP contribution in [0.2, 0.25) is 0 Å². The molecule has 6 heteroatoms. The quantitative estimate of drug-likeness (QED) is 0.866. The summed E-state index contributed by atoms with van der Waals surface area (Å²) in [7, 11) is 3.22. The summed E-state index contributed by atoms with van der Waals surface area (Å²) in [5.41, 5.74) is 6.11. The molecule has 0 heterocycles. The van der Waals surface area contributed by atoms with Gasteiger partial charge in [-0.2, -0.15) is 13.2 Å². The Morgan fingerprint density at radius 2 is 1.84 bits per heavy atom. The highest BCUT2D eigenvalue weighted by Crippen LogP contribution is 2.26. The molecule has 0 aliphatic heterocycles. The Balaban J connectivity index is 2.56. The second-order valence-electron chi connectivity index (χ2n) is 4.52. The summed E-state index contributed by atoms with van der Waals surface area (Å²) in [5, 5.41) is 0. The van der Waals surface area contributed by atoms with E-state index in [9.17, 15) is 13.2 Å². The Morgan fingerprint density at radius 3 is 2.26 bits per heavy atom. The van der Waals surface area contributed by atoms with Gasteiger partial charge in [0.1, 0.15) is 5.75 Å². The monoisotopic (exact) mass is 276 g/mol. The first-order chi connectivity index (χ1) is 8.86. The van der Waals surface area contributed by atoms with Crippen molar-refractivity contribution in [1.29, 1.82) is 0 Å². The van der Waals surface area contributed by atoms with Crippen LogP contribution in [0.1, 0.15) is 5.56 Å². The Kier molecular flexibility index (Phi) is 5.62. The standard InChI is InChI=1S/C13H19F3N2O/c1-18(9-11(7-17)13(14,15)16)8-10-3-5-12(19-2)6-4-10/h3-6,11H,7-9,17H2,1-2H3. The number of ether oxygens (including phenoxy) is 1. The zero-order valence-corrected chi connectivity index (χ0v) is 11.1. The molecule has 0 spiro atoms. The Bertz CT molecular complexity index is 378. The summed E-state index contributed by atoms with van der Waals surface area (Å²) in [6.07, 6.45) is -4.25. The fourth-order valence-corrected chi connectivity index (χ4v) is 1.80. The van der Waals surface area contributed by atoms with Crippen LogP contribution in [0.3, 0.4) is 0 Å². The summed E-state index contributed by atoms with van der Waals surface area (Å²) in [6.45, 7) is -0.0565. The predicted octanol–water partition coefficient (Wildman–Crippen LogP) is 2.26. The van der Waals surface area contributed by atoms with Gasteiger partial charge in [-0.3, -0.25) is 0 Å². The van der Waals surface area contributed by atoms with E-state index in [0.29, 0.717) is 6.54 Å². The lowest BCUT2D eigenvalue weighted by Gasteiger charge is -2.25. The summed E-state index contributed by atoms with van der Waals surface area (Å²) in [5.74, 6) is -0.766. The third kappa shape index (κ3) is 5.08. The van der Waals surface area contributed by atoms with Gasteiger partial charge in [-0.15, -0.1) is 0 Å². The fourth-order valence-electron chi connectivity index (χ4n) is 1.80. The molecular weight excluding hydrogens is 257 g/mol. The van der Waals surface area contributed by atoms with Crippen molar-refractivity contribution in [2.45, 2.75) is 12.7 Å². The van der Waals surface area contributed by atoms with Crippen LogP contribution in [-0.4, -0.2) is 38.3 Å². The lowest BCUT2D eigenvalue weighted by molar-refractivity contribution is -0.175. The van der Waals surface area contributed by atoms with Crippen molar-refractivity contribution in [2.24, 2.45) is 11.7 Å². The Labute approximate surface area is 111 Å². The van der Waals surface area contributed by atoms with E-state index in [0.717, 1.165) is 11.3 Å². The van der Waals surface area contributed by atoms with Crippen LogP contribution in [0.15, 0.2) is 24.3 Å². The first-order valence-electron chi connectivity index (χ1n) is 5.95. The summed E-state index contributed by atoms with van der Waals surface area (Å²) in [4.78, 5) is 1.62. The Hall–Kier alpha value is -1.27. The predicted molar refractivity (Wildman–Crippen MR) is 67.9 cm³/mol. The average Bonchev–Trinajstić information content (AvgIpc) is 2.35. The van der Waals surface area contributed by atoms with Gasteiger partial charge in [0.05, 0.1) is 13.0 Å². The van der Waals surface area contributed by atoms with Crippen LogP contribution < -0.4 is 10.5 Å². The van der Waals surface area contributed by atoms with Crippen molar-refractivity contribution in [3.63, 3.8) is 0 Å². The minimum absolute atomic E-state index is 0.105. The second kappa shape index (κ2) is 6.77. The molecule has 0 saturated carbocycles. The van der Waals surface area contributed by atoms with E-state index < -0.39 is 18.6 Å². The van der Waals surface area contributed by atoms with E-state index in [1.807, 2.05) is 12.1 Å². The molecule has 0 fully saturated rings. The van der Waals surface area contributed by atoms with Crippen molar-refractivity contribution < 1.29 is 17.9 Å². The first kappa shape index (κ1) is 15.8. The highest BCUT2D eigenvalue weighted by Gasteiger charge is 2.38. The molecule has 0 saturated heterocycles. The minimum Gasteiger partial charge on any atom is -0.497 e. The highest BCUT2D eigenvalue weighted by molar-refractivity contribution is 5.27. The van der Waals surface area contributed by atoms with Gasteiger partial charge in [0.2, 0.25) is 0 Å². The summed E-state index contributed by atoms with van der Waals surface area (Å²) >= 11 is 0. The SMILES string of the molecule is COc1ccc(CN(C)CC(CN)C(F)(F)F)cc1. The maximum Gasteiger partial charge on any atom is 0.394 e. The van der Waals surface area contributed by atoms with Crippen LogP contribution >= 0.6 is 0 Å². The van der Waals surface area contributed by atoms with Gasteiger partial charge < -0.3 is 15.4 Å². The van der Waals surface area contributed by atoms with Gasteiger partial charge in [-0.05, 0) is 24.7 Å². The van der Waals surface area contributed by atoms with Crippen molar-refractivity contribution in [3.8, 4) is 5.75 Å². The molecule has 3 nitrogen and oxygen atoms in total.